The molecule has 0 unspecified atom stereocenters. The standard InChI is InChI=1S/C12H17NO3S/c1-10-3-4-11(12(9-10)17(2,14)15)13-5-7-16-8-6-13/h3-4,9H,5-8H2,1-2H3. The topological polar surface area (TPSA) is 46.6 Å². The second kappa shape index (κ2) is 4.66. The largest absolute Gasteiger partial charge is 0.378 e. The number of anilines is 1. The second-order valence-corrected chi connectivity index (χ2v) is 6.33. The Morgan fingerprint density at radius 2 is 1.88 bits per heavy atom. The van der Waals surface area contributed by atoms with E-state index in [2.05, 4.69) is 4.90 Å². The highest BCUT2D eigenvalue weighted by molar-refractivity contribution is 7.90. The van der Waals surface area contributed by atoms with Crippen molar-refractivity contribution in [1.82, 2.24) is 0 Å². The van der Waals surface area contributed by atoms with E-state index in [0.29, 0.717) is 18.1 Å². The molecule has 17 heavy (non-hydrogen) atoms. The van der Waals surface area contributed by atoms with Gasteiger partial charge >= 0.3 is 0 Å². The van der Waals surface area contributed by atoms with E-state index in [0.717, 1.165) is 24.3 Å². The van der Waals surface area contributed by atoms with Gasteiger partial charge in [0.2, 0.25) is 0 Å². The molecule has 0 spiro atoms. The third kappa shape index (κ3) is 2.79. The number of hydrogen-bond acceptors (Lipinski definition) is 4. The van der Waals surface area contributed by atoms with E-state index in [-0.39, 0.29) is 0 Å². The predicted molar refractivity (Wildman–Crippen MR) is 67.3 cm³/mol. The first-order valence-corrected chi connectivity index (χ1v) is 7.51. The van der Waals surface area contributed by atoms with Gasteiger partial charge in [0.1, 0.15) is 0 Å². The molecule has 1 heterocycles. The molecule has 1 aliphatic heterocycles. The highest BCUT2D eigenvalue weighted by Crippen LogP contribution is 2.27. The molecular formula is C12H17NO3S. The van der Waals surface area contributed by atoms with Crippen LogP contribution < -0.4 is 4.90 Å². The quantitative estimate of drug-likeness (QED) is 0.797. The zero-order valence-corrected chi connectivity index (χ0v) is 11.0. The molecular weight excluding hydrogens is 238 g/mol. The molecule has 1 saturated heterocycles. The van der Waals surface area contributed by atoms with Crippen molar-refractivity contribution >= 4 is 15.5 Å². The lowest BCUT2D eigenvalue weighted by atomic mass is 10.2. The molecule has 1 fully saturated rings. The summed E-state index contributed by atoms with van der Waals surface area (Å²) in [7, 11) is -3.19. The van der Waals surface area contributed by atoms with Crippen LogP contribution in [0.3, 0.4) is 0 Å². The van der Waals surface area contributed by atoms with Gasteiger partial charge in [-0.05, 0) is 24.6 Å². The first-order chi connectivity index (χ1) is 7.98. The van der Waals surface area contributed by atoms with Gasteiger partial charge in [-0.25, -0.2) is 8.42 Å². The number of rotatable bonds is 2. The fourth-order valence-electron chi connectivity index (χ4n) is 1.98. The molecule has 1 aliphatic rings. The minimum atomic E-state index is -3.19. The van der Waals surface area contributed by atoms with Gasteiger partial charge < -0.3 is 9.64 Å². The van der Waals surface area contributed by atoms with E-state index in [1.54, 1.807) is 6.07 Å². The Morgan fingerprint density at radius 3 is 2.47 bits per heavy atom. The number of morpholine rings is 1. The normalized spacial score (nSPS) is 17.2. The highest BCUT2D eigenvalue weighted by Gasteiger charge is 2.19. The van der Waals surface area contributed by atoms with Crippen molar-refractivity contribution in [1.29, 1.82) is 0 Å². The maximum absolute atomic E-state index is 11.8. The first-order valence-electron chi connectivity index (χ1n) is 5.62. The number of aryl methyl sites for hydroxylation is 1. The highest BCUT2D eigenvalue weighted by atomic mass is 32.2. The Hall–Kier alpha value is -1.07. The van der Waals surface area contributed by atoms with Crippen LogP contribution in [-0.4, -0.2) is 41.0 Å². The van der Waals surface area contributed by atoms with Crippen LogP contribution in [0.2, 0.25) is 0 Å². The van der Waals surface area contributed by atoms with Crippen LogP contribution in [0.4, 0.5) is 5.69 Å². The molecule has 0 atom stereocenters. The number of ether oxygens (including phenoxy) is 1. The summed E-state index contributed by atoms with van der Waals surface area (Å²) in [6, 6.07) is 5.57. The summed E-state index contributed by atoms with van der Waals surface area (Å²) >= 11 is 0. The van der Waals surface area contributed by atoms with Crippen molar-refractivity contribution in [3.05, 3.63) is 23.8 Å². The van der Waals surface area contributed by atoms with Crippen molar-refractivity contribution in [2.45, 2.75) is 11.8 Å². The number of nitrogens with zero attached hydrogens (tertiary/aromatic N) is 1. The predicted octanol–water partition coefficient (Wildman–Crippen LogP) is 1.24. The van der Waals surface area contributed by atoms with Crippen molar-refractivity contribution in [3.8, 4) is 0 Å². The summed E-state index contributed by atoms with van der Waals surface area (Å²) in [6.07, 6.45) is 1.26. The first kappa shape index (κ1) is 12.4. The van der Waals surface area contributed by atoms with Crippen LogP contribution in [-0.2, 0) is 14.6 Å². The van der Waals surface area contributed by atoms with Gasteiger partial charge in [-0.15, -0.1) is 0 Å². The van der Waals surface area contributed by atoms with Crippen LogP contribution >= 0.6 is 0 Å². The number of benzene rings is 1. The molecule has 5 heteroatoms. The zero-order valence-electron chi connectivity index (χ0n) is 10.1. The maximum atomic E-state index is 11.8. The Morgan fingerprint density at radius 1 is 1.24 bits per heavy atom. The third-order valence-electron chi connectivity index (χ3n) is 2.87. The monoisotopic (exact) mass is 255 g/mol. The van der Waals surface area contributed by atoms with Gasteiger partial charge in [0.05, 0.1) is 23.8 Å². The molecule has 0 bridgehead atoms. The third-order valence-corrected chi connectivity index (χ3v) is 3.99. The maximum Gasteiger partial charge on any atom is 0.177 e. The van der Waals surface area contributed by atoms with E-state index >= 15 is 0 Å². The van der Waals surface area contributed by atoms with Crippen molar-refractivity contribution in [3.63, 3.8) is 0 Å². The SMILES string of the molecule is Cc1ccc(N2CCOCC2)c(S(C)(=O)=O)c1. The summed E-state index contributed by atoms with van der Waals surface area (Å²) in [4.78, 5) is 2.48. The summed E-state index contributed by atoms with van der Waals surface area (Å²) in [5, 5.41) is 0. The minimum absolute atomic E-state index is 0.416. The van der Waals surface area contributed by atoms with Crippen LogP contribution in [0.15, 0.2) is 23.1 Å². The van der Waals surface area contributed by atoms with Gasteiger partial charge in [0, 0.05) is 19.3 Å². The van der Waals surface area contributed by atoms with Crippen LogP contribution in [0.25, 0.3) is 0 Å². The molecule has 0 N–H and O–H groups in total. The van der Waals surface area contributed by atoms with Gasteiger partial charge in [0.15, 0.2) is 9.84 Å². The van der Waals surface area contributed by atoms with Crippen LogP contribution in [0.1, 0.15) is 5.56 Å². The Balaban J connectivity index is 2.45. The fraction of sp³-hybridized carbons (Fsp3) is 0.500. The fourth-order valence-corrected chi connectivity index (χ4v) is 2.96. The second-order valence-electron chi connectivity index (χ2n) is 4.34. The summed E-state index contributed by atoms with van der Waals surface area (Å²) in [5.74, 6) is 0. The van der Waals surface area contributed by atoms with Gasteiger partial charge in [0.25, 0.3) is 0 Å². The Bertz CT molecular complexity index is 504. The van der Waals surface area contributed by atoms with E-state index in [1.807, 2.05) is 19.1 Å². The molecule has 0 aliphatic carbocycles. The van der Waals surface area contributed by atoms with Crippen molar-refractivity contribution in [2.24, 2.45) is 0 Å². The van der Waals surface area contributed by atoms with E-state index in [1.165, 1.54) is 6.26 Å². The molecule has 2 rings (SSSR count). The Kier molecular flexibility index (Phi) is 3.40. The lowest BCUT2D eigenvalue weighted by Crippen LogP contribution is -2.37. The lowest BCUT2D eigenvalue weighted by molar-refractivity contribution is 0.122. The van der Waals surface area contributed by atoms with Crippen molar-refractivity contribution in [2.75, 3.05) is 37.5 Å². The summed E-state index contributed by atoms with van der Waals surface area (Å²) < 4.78 is 28.9. The van der Waals surface area contributed by atoms with E-state index in [4.69, 9.17) is 4.74 Å². The lowest BCUT2D eigenvalue weighted by Gasteiger charge is -2.30. The molecule has 0 amide bonds. The van der Waals surface area contributed by atoms with Crippen molar-refractivity contribution < 1.29 is 13.2 Å². The summed E-state index contributed by atoms with van der Waals surface area (Å²) in [6.45, 7) is 4.68. The van der Waals surface area contributed by atoms with Gasteiger partial charge in [-0.1, -0.05) is 6.07 Å². The average molecular weight is 255 g/mol. The minimum Gasteiger partial charge on any atom is -0.378 e. The van der Waals surface area contributed by atoms with Crippen LogP contribution in [0, 0.1) is 6.92 Å². The van der Waals surface area contributed by atoms with Gasteiger partial charge in [-0.2, -0.15) is 0 Å². The van der Waals surface area contributed by atoms with Crippen LogP contribution in [0.5, 0.6) is 0 Å². The number of sulfone groups is 1. The molecule has 94 valence electrons. The molecule has 0 aromatic heterocycles. The van der Waals surface area contributed by atoms with E-state index in [9.17, 15) is 8.42 Å². The molecule has 0 radical (unpaired) electrons. The Labute approximate surface area is 102 Å². The molecule has 4 nitrogen and oxygen atoms in total. The molecule has 0 saturated carbocycles. The van der Waals surface area contributed by atoms with Gasteiger partial charge in [-0.3, -0.25) is 0 Å². The number of hydrogen-bond donors (Lipinski definition) is 0. The average Bonchev–Trinajstić information content (AvgIpc) is 2.29. The molecule has 1 aromatic carbocycles. The van der Waals surface area contributed by atoms with E-state index < -0.39 is 9.84 Å². The molecule has 1 aromatic rings. The summed E-state index contributed by atoms with van der Waals surface area (Å²) in [5.41, 5.74) is 1.75. The smallest absolute Gasteiger partial charge is 0.177 e. The zero-order chi connectivity index (χ0) is 12.5.